The normalized spacial score (nSPS) is 15.6. The Labute approximate surface area is 117 Å². The first-order valence-corrected chi connectivity index (χ1v) is 7.14. The topological polar surface area (TPSA) is 64.7 Å². The summed E-state index contributed by atoms with van der Waals surface area (Å²) in [5.41, 5.74) is 0. The zero-order chi connectivity index (χ0) is 13.8. The smallest absolute Gasteiger partial charge is 0.227 e. The minimum absolute atomic E-state index is 0.000229. The van der Waals surface area contributed by atoms with E-state index in [2.05, 4.69) is 15.5 Å². The lowest BCUT2D eigenvalue weighted by Crippen LogP contribution is -2.19. The standard InChI is InChI=1S/C14H19N5O/c20-14(7-11-18-10-3-8-15-18)17-13-6-9-16-19(13)12-4-1-2-5-12/h3,6,8-10,12H,1-2,4-5,7,11H2,(H,17,20). The molecule has 1 saturated carbocycles. The van der Waals surface area contributed by atoms with Crippen LogP contribution in [0.2, 0.25) is 0 Å². The quantitative estimate of drug-likeness (QED) is 0.908. The number of carbonyl (C=O) groups excluding carboxylic acids is 1. The number of amides is 1. The maximum atomic E-state index is 12.0. The second kappa shape index (κ2) is 5.90. The van der Waals surface area contributed by atoms with Crippen LogP contribution >= 0.6 is 0 Å². The second-order valence-corrected chi connectivity index (χ2v) is 5.17. The summed E-state index contributed by atoms with van der Waals surface area (Å²) in [6.45, 7) is 0.594. The van der Waals surface area contributed by atoms with Crippen molar-refractivity contribution in [3.05, 3.63) is 30.7 Å². The highest BCUT2D eigenvalue weighted by atomic mass is 16.1. The number of rotatable bonds is 5. The van der Waals surface area contributed by atoms with E-state index in [1.807, 2.05) is 23.0 Å². The van der Waals surface area contributed by atoms with Crippen molar-refractivity contribution in [1.82, 2.24) is 19.6 Å². The second-order valence-electron chi connectivity index (χ2n) is 5.17. The van der Waals surface area contributed by atoms with Crippen molar-refractivity contribution in [2.75, 3.05) is 5.32 Å². The van der Waals surface area contributed by atoms with Crippen LogP contribution in [0.4, 0.5) is 5.82 Å². The Morgan fingerprint density at radius 3 is 2.90 bits per heavy atom. The van der Waals surface area contributed by atoms with Crippen molar-refractivity contribution in [1.29, 1.82) is 0 Å². The number of nitrogens with zero attached hydrogens (tertiary/aromatic N) is 4. The highest BCUT2D eigenvalue weighted by molar-refractivity contribution is 5.89. The van der Waals surface area contributed by atoms with Crippen molar-refractivity contribution in [3.63, 3.8) is 0 Å². The van der Waals surface area contributed by atoms with Gasteiger partial charge in [0.05, 0.1) is 12.2 Å². The molecule has 1 aliphatic rings. The molecule has 1 fully saturated rings. The molecule has 0 aliphatic heterocycles. The first kappa shape index (κ1) is 12.9. The largest absolute Gasteiger partial charge is 0.311 e. The van der Waals surface area contributed by atoms with Crippen LogP contribution in [0.15, 0.2) is 30.7 Å². The highest BCUT2D eigenvalue weighted by Gasteiger charge is 2.20. The Morgan fingerprint density at radius 2 is 2.15 bits per heavy atom. The Hall–Kier alpha value is -2.11. The fraction of sp³-hybridized carbons (Fsp3) is 0.500. The van der Waals surface area contributed by atoms with Gasteiger partial charge in [0.15, 0.2) is 0 Å². The predicted molar refractivity (Wildman–Crippen MR) is 75.2 cm³/mol. The summed E-state index contributed by atoms with van der Waals surface area (Å²) in [4.78, 5) is 12.0. The zero-order valence-corrected chi connectivity index (χ0v) is 11.4. The van der Waals surface area contributed by atoms with Crippen LogP contribution < -0.4 is 5.32 Å². The van der Waals surface area contributed by atoms with E-state index in [4.69, 9.17) is 0 Å². The molecule has 0 saturated heterocycles. The van der Waals surface area contributed by atoms with Gasteiger partial charge in [-0.15, -0.1) is 0 Å². The molecule has 20 heavy (non-hydrogen) atoms. The Balaban J connectivity index is 1.57. The maximum absolute atomic E-state index is 12.0. The monoisotopic (exact) mass is 273 g/mol. The SMILES string of the molecule is O=C(CCn1cccn1)Nc1ccnn1C1CCCC1. The average molecular weight is 273 g/mol. The molecule has 1 aliphatic carbocycles. The van der Waals surface area contributed by atoms with Gasteiger partial charge in [-0.1, -0.05) is 12.8 Å². The van der Waals surface area contributed by atoms with Gasteiger partial charge in [-0.25, -0.2) is 4.68 Å². The molecule has 0 bridgehead atoms. The molecule has 0 spiro atoms. The van der Waals surface area contributed by atoms with Crippen molar-refractivity contribution in [3.8, 4) is 0 Å². The molecule has 1 N–H and O–H groups in total. The van der Waals surface area contributed by atoms with E-state index >= 15 is 0 Å². The molecule has 0 radical (unpaired) electrons. The predicted octanol–water partition coefficient (Wildman–Crippen LogP) is 2.22. The minimum Gasteiger partial charge on any atom is -0.311 e. The summed E-state index contributed by atoms with van der Waals surface area (Å²) in [7, 11) is 0. The molecule has 2 heterocycles. The summed E-state index contributed by atoms with van der Waals surface area (Å²) in [6.07, 6.45) is 10.5. The van der Waals surface area contributed by atoms with Crippen molar-refractivity contribution < 1.29 is 4.79 Å². The lowest BCUT2D eigenvalue weighted by Gasteiger charge is -2.14. The van der Waals surface area contributed by atoms with Gasteiger partial charge in [0, 0.05) is 31.4 Å². The maximum Gasteiger partial charge on any atom is 0.227 e. The molecule has 1 amide bonds. The number of hydrogen-bond donors (Lipinski definition) is 1. The van der Waals surface area contributed by atoms with Crippen LogP contribution in [0.3, 0.4) is 0 Å². The molecular weight excluding hydrogens is 254 g/mol. The Kier molecular flexibility index (Phi) is 3.80. The van der Waals surface area contributed by atoms with E-state index in [1.165, 1.54) is 12.8 Å². The third-order valence-electron chi connectivity index (χ3n) is 3.74. The summed E-state index contributed by atoms with van der Waals surface area (Å²) in [6, 6.07) is 4.16. The number of hydrogen-bond acceptors (Lipinski definition) is 3. The number of aryl methyl sites for hydroxylation is 1. The molecular formula is C14H19N5O. The lowest BCUT2D eigenvalue weighted by atomic mass is 10.2. The third kappa shape index (κ3) is 2.89. The van der Waals surface area contributed by atoms with Gasteiger partial charge >= 0.3 is 0 Å². The van der Waals surface area contributed by atoms with Gasteiger partial charge in [0.1, 0.15) is 5.82 Å². The number of anilines is 1. The van der Waals surface area contributed by atoms with E-state index in [1.54, 1.807) is 17.1 Å². The summed E-state index contributed by atoms with van der Waals surface area (Å²) in [5.74, 6) is 0.808. The van der Waals surface area contributed by atoms with Gasteiger partial charge < -0.3 is 5.32 Å². The van der Waals surface area contributed by atoms with Gasteiger partial charge in [0.2, 0.25) is 5.91 Å². The van der Waals surface area contributed by atoms with E-state index in [9.17, 15) is 4.79 Å². The third-order valence-corrected chi connectivity index (χ3v) is 3.74. The fourth-order valence-corrected chi connectivity index (χ4v) is 2.71. The highest BCUT2D eigenvalue weighted by Crippen LogP contribution is 2.31. The number of nitrogens with one attached hydrogen (secondary N) is 1. The van der Waals surface area contributed by atoms with Crippen LogP contribution in [0, 0.1) is 0 Å². The van der Waals surface area contributed by atoms with Crippen LogP contribution in [-0.2, 0) is 11.3 Å². The van der Waals surface area contributed by atoms with Gasteiger partial charge in [0.25, 0.3) is 0 Å². The van der Waals surface area contributed by atoms with Crippen LogP contribution in [0.1, 0.15) is 38.1 Å². The first-order chi connectivity index (χ1) is 9.83. The zero-order valence-electron chi connectivity index (χ0n) is 11.4. The van der Waals surface area contributed by atoms with E-state index < -0.39 is 0 Å². The van der Waals surface area contributed by atoms with Crippen molar-refractivity contribution in [2.45, 2.75) is 44.7 Å². The van der Waals surface area contributed by atoms with Gasteiger partial charge in [-0.05, 0) is 18.9 Å². The minimum atomic E-state index is 0.000229. The lowest BCUT2D eigenvalue weighted by molar-refractivity contribution is -0.116. The van der Waals surface area contributed by atoms with Crippen LogP contribution in [0.25, 0.3) is 0 Å². The molecule has 2 aromatic rings. The number of aromatic nitrogens is 4. The first-order valence-electron chi connectivity index (χ1n) is 7.14. The molecule has 6 nitrogen and oxygen atoms in total. The van der Waals surface area contributed by atoms with Crippen molar-refractivity contribution in [2.24, 2.45) is 0 Å². The summed E-state index contributed by atoms with van der Waals surface area (Å²) in [5, 5.41) is 11.4. The fourth-order valence-electron chi connectivity index (χ4n) is 2.71. The molecule has 106 valence electrons. The van der Waals surface area contributed by atoms with E-state index in [0.29, 0.717) is 19.0 Å². The van der Waals surface area contributed by atoms with Crippen LogP contribution in [-0.4, -0.2) is 25.5 Å². The molecule has 0 unspecified atom stereocenters. The molecule has 3 rings (SSSR count). The van der Waals surface area contributed by atoms with E-state index in [0.717, 1.165) is 18.7 Å². The Morgan fingerprint density at radius 1 is 1.30 bits per heavy atom. The Bertz CT molecular complexity index is 554. The average Bonchev–Trinajstić information content (AvgIpc) is 3.18. The molecule has 0 atom stereocenters. The van der Waals surface area contributed by atoms with Crippen LogP contribution in [0.5, 0.6) is 0 Å². The van der Waals surface area contributed by atoms with E-state index in [-0.39, 0.29) is 5.91 Å². The van der Waals surface area contributed by atoms with Gasteiger partial charge in [-0.2, -0.15) is 10.2 Å². The molecule has 6 heteroatoms. The van der Waals surface area contributed by atoms with Crippen molar-refractivity contribution >= 4 is 11.7 Å². The molecule has 0 aromatic carbocycles. The summed E-state index contributed by atoms with van der Waals surface area (Å²) >= 11 is 0. The number of carbonyl (C=O) groups is 1. The molecule has 2 aromatic heterocycles. The van der Waals surface area contributed by atoms with Gasteiger partial charge in [-0.3, -0.25) is 9.48 Å². The summed E-state index contributed by atoms with van der Waals surface area (Å²) < 4.78 is 3.71.